The molecule has 0 aliphatic carbocycles. The van der Waals surface area contributed by atoms with Gasteiger partial charge in [-0.2, -0.15) is 0 Å². The molecule has 0 unspecified atom stereocenters. The first-order chi connectivity index (χ1) is 9.40. The van der Waals surface area contributed by atoms with Gasteiger partial charge in [0.1, 0.15) is 0 Å². The Labute approximate surface area is 119 Å². The zero-order chi connectivity index (χ0) is 15.5. The first-order valence-electron chi connectivity index (χ1n) is 5.28. The Morgan fingerprint density at radius 1 is 1.10 bits per heavy atom. The molecule has 1 aromatic rings. The van der Waals surface area contributed by atoms with E-state index in [4.69, 9.17) is 22.0 Å². The number of benzene rings is 1. The molecule has 8 nitrogen and oxygen atoms in total. The molecule has 0 fully saturated rings. The smallest absolute Gasteiger partial charge is 0.262 e. The molecule has 1 aromatic carbocycles. The molecule has 20 heavy (non-hydrogen) atoms. The summed E-state index contributed by atoms with van der Waals surface area (Å²) < 4.78 is 0. The number of hydrogen-bond donors (Lipinski definition) is 5. The summed E-state index contributed by atoms with van der Waals surface area (Å²) in [5, 5.41) is 18.6. The molecule has 9 heteroatoms. The van der Waals surface area contributed by atoms with E-state index in [-0.39, 0.29) is 6.54 Å². The molecule has 0 heterocycles. The molecule has 0 saturated heterocycles. The predicted octanol–water partition coefficient (Wildman–Crippen LogP) is 0.0869. The number of amides is 3. The van der Waals surface area contributed by atoms with Crippen LogP contribution >= 0.6 is 11.6 Å². The molecular weight excluding hydrogens is 290 g/mol. The Bertz CT molecular complexity index is 464. The summed E-state index contributed by atoms with van der Waals surface area (Å²) in [5.74, 6) is -1.53. The minimum Gasteiger partial charge on any atom is -0.343 e. The van der Waals surface area contributed by atoms with Gasteiger partial charge >= 0.3 is 0 Å². The number of hydrogen-bond acceptors (Lipinski definition) is 5. The summed E-state index contributed by atoms with van der Waals surface area (Å²) in [7, 11) is 0. The first kappa shape index (κ1) is 17.8. The van der Waals surface area contributed by atoms with E-state index in [0.717, 1.165) is 0 Å². The van der Waals surface area contributed by atoms with Gasteiger partial charge in [-0.1, -0.05) is 11.6 Å². The fourth-order valence-electron chi connectivity index (χ4n) is 0.903. The fraction of sp³-hybridized carbons (Fsp3) is 0.182. The van der Waals surface area contributed by atoms with Gasteiger partial charge in [0, 0.05) is 17.5 Å². The molecule has 1 rings (SSSR count). The van der Waals surface area contributed by atoms with Crippen molar-refractivity contribution in [2.45, 2.75) is 6.92 Å². The number of rotatable bonds is 3. The van der Waals surface area contributed by atoms with E-state index in [1.807, 2.05) is 0 Å². The maximum atomic E-state index is 11.4. The van der Waals surface area contributed by atoms with Gasteiger partial charge < -0.3 is 5.32 Å². The Morgan fingerprint density at radius 2 is 1.60 bits per heavy atom. The standard InChI is InChI=1S/C9H9ClN2O3.C2H5NO2/c10-7-3-1-6(2-4-7)9(14)11-5-8(13)12-15;1-2(4)3-5/h1-4,15H,5H2,(H,11,14)(H,12,13);5H,1H3,(H,3,4). The molecule has 0 spiro atoms. The normalized spacial score (nSPS) is 8.80. The second kappa shape index (κ2) is 9.73. The van der Waals surface area contributed by atoms with Gasteiger partial charge in [-0.25, -0.2) is 11.0 Å². The van der Waals surface area contributed by atoms with Crippen molar-refractivity contribution in [1.82, 2.24) is 16.3 Å². The molecule has 0 radical (unpaired) electrons. The summed E-state index contributed by atoms with van der Waals surface area (Å²) in [5.41, 5.74) is 3.19. The zero-order valence-corrected chi connectivity index (χ0v) is 11.3. The molecule has 0 aliphatic rings. The highest BCUT2D eigenvalue weighted by Gasteiger charge is 2.06. The van der Waals surface area contributed by atoms with Crippen molar-refractivity contribution in [3.63, 3.8) is 0 Å². The van der Waals surface area contributed by atoms with Gasteiger partial charge in [-0.05, 0) is 24.3 Å². The van der Waals surface area contributed by atoms with Crippen LogP contribution in [0.3, 0.4) is 0 Å². The summed E-state index contributed by atoms with van der Waals surface area (Å²) in [6.07, 6.45) is 0. The Morgan fingerprint density at radius 3 is 2.00 bits per heavy atom. The van der Waals surface area contributed by atoms with Gasteiger partial charge in [0.05, 0.1) is 6.54 Å². The monoisotopic (exact) mass is 303 g/mol. The molecule has 0 bridgehead atoms. The SMILES string of the molecule is CC(=O)NO.O=C(CNC(=O)c1ccc(Cl)cc1)NO. The highest BCUT2D eigenvalue weighted by Crippen LogP contribution is 2.08. The van der Waals surface area contributed by atoms with Gasteiger partial charge in [0.15, 0.2) is 0 Å². The molecular formula is C11H14ClN3O5. The van der Waals surface area contributed by atoms with Crippen LogP contribution in [-0.2, 0) is 9.59 Å². The van der Waals surface area contributed by atoms with Crippen molar-refractivity contribution < 1.29 is 24.8 Å². The predicted molar refractivity (Wildman–Crippen MR) is 69.3 cm³/mol. The van der Waals surface area contributed by atoms with Crippen LogP contribution in [0.4, 0.5) is 0 Å². The Balaban J connectivity index is 0.000000621. The number of nitrogens with one attached hydrogen (secondary N) is 3. The number of carbonyl (C=O) groups excluding carboxylic acids is 3. The lowest BCUT2D eigenvalue weighted by atomic mass is 10.2. The summed E-state index contributed by atoms with van der Waals surface area (Å²) in [4.78, 5) is 31.4. The van der Waals surface area contributed by atoms with Crippen LogP contribution in [-0.4, -0.2) is 34.7 Å². The van der Waals surface area contributed by atoms with E-state index in [2.05, 4.69) is 5.32 Å². The second-order valence-corrected chi connectivity index (χ2v) is 3.83. The molecule has 3 amide bonds. The van der Waals surface area contributed by atoms with Crippen molar-refractivity contribution >= 4 is 29.3 Å². The highest BCUT2D eigenvalue weighted by molar-refractivity contribution is 6.30. The largest absolute Gasteiger partial charge is 0.343 e. The van der Waals surface area contributed by atoms with Gasteiger partial charge in [0.2, 0.25) is 5.91 Å². The van der Waals surface area contributed by atoms with Crippen LogP contribution in [0.5, 0.6) is 0 Å². The minimum absolute atomic E-state index is 0.280. The van der Waals surface area contributed by atoms with E-state index in [0.29, 0.717) is 10.6 Å². The van der Waals surface area contributed by atoms with Crippen molar-refractivity contribution in [3.8, 4) is 0 Å². The van der Waals surface area contributed by atoms with Gasteiger partial charge in [0.25, 0.3) is 11.8 Å². The lowest BCUT2D eigenvalue weighted by molar-refractivity contribution is -0.128. The van der Waals surface area contributed by atoms with Crippen LogP contribution in [0.15, 0.2) is 24.3 Å². The Kier molecular flexibility index (Phi) is 8.68. The highest BCUT2D eigenvalue weighted by atomic mass is 35.5. The van der Waals surface area contributed by atoms with Crippen LogP contribution in [0.2, 0.25) is 5.02 Å². The quantitative estimate of drug-likeness (QED) is 0.399. The van der Waals surface area contributed by atoms with Crippen LogP contribution in [0.25, 0.3) is 0 Å². The van der Waals surface area contributed by atoms with Crippen molar-refractivity contribution in [2.24, 2.45) is 0 Å². The summed E-state index contributed by atoms with van der Waals surface area (Å²) >= 11 is 5.64. The maximum absolute atomic E-state index is 11.4. The zero-order valence-electron chi connectivity index (χ0n) is 10.5. The average Bonchev–Trinajstić information content (AvgIpc) is 2.45. The third-order valence-electron chi connectivity index (χ3n) is 1.80. The minimum atomic E-state index is -0.683. The third kappa shape index (κ3) is 8.03. The Hall–Kier alpha value is -2.16. The van der Waals surface area contributed by atoms with E-state index >= 15 is 0 Å². The molecule has 0 saturated carbocycles. The molecule has 0 atom stereocenters. The third-order valence-corrected chi connectivity index (χ3v) is 2.05. The van der Waals surface area contributed by atoms with Crippen LogP contribution < -0.4 is 16.3 Å². The van der Waals surface area contributed by atoms with Crippen LogP contribution in [0.1, 0.15) is 17.3 Å². The van der Waals surface area contributed by atoms with E-state index < -0.39 is 17.7 Å². The van der Waals surface area contributed by atoms with E-state index in [1.54, 1.807) is 12.1 Å². The maximum Gasteiger partial charge on any atom is 0.262 e. The molecule has 5 N–H and O–H groups in total. The van der Waals surface area contributed by atoms with Gasteiger partial charge in [-0.15, -0.1) is 0 Å². The lowest BCUT2D eigenvalue weighted by Crippen LogP contribution is -2.35. The molecule has 110 valence electrons. The van der Waals surface area contributed by atoms with E-state index in [1.165, 1.54) is 30.0 Å². The molecule has 0 aromatic heterocycles. The average molecular weight is 304 g/mol. The van der Waals surface area contributed by atoms with E-state index in [9.17, 15) is 14.4 Å². The van der Waals surface area contributed by atoms with Crippen molar-refractivity contribution in [3.05, 3.63) is 34.9 Å². The van der Waals surface area contributed by atoms with Gasteiger partial charge in [-0.3, -0.25) is 24.8 Å². The van der Waals surface area contributed by atoms with Crippen molar-refractivity contribution in [2.75, 3.05) is 6.54 Å². The topological polar surface area (TPSA) is 128 Å². The van der Waals surface area contributed by atoms with Crippen LogP contribution in [0, 0.1) is 0 Å². The fourth-order valence-corrected chi connectivity index (χ4v) is 1.03. The lowest BCUT2D eigenvalue weighted by Gasteiger charge is -2.03. The first-order valence-corrected chi connectivity index (χ1v) is 5.66. The van der Waals surface area contributed by atoms with Crippen molar-refractivity contribution in [1.29, 1.82) is 0 Å². The summed E-state index contributed by atoms with van der Waals surface area (Å²) in [6, 6.07) is 6.22. The number of hydroxylamine groups is 2. The molecule has 0 aliphatic heterocycles. The summed E-state index contributed by atoms with van der Waals surface area (Å²) in [6.45, 7) is 0.942. The second-order valence-electron chi connectivity index (χ2n) is 3.39. The number of carbonyl (C=O) groups is 3. The number of halogens is 1.